The molecule has 2 aliphatic heterocycles. The van der Waals surface area contributed by atoms with E-state index in [-0.39, 0.29) is 10.8 Å². The first-order chi connectivity index (χ1) is 21.7. The van der Waals surface area contributed by atoms with Gasteiger partial charge in [0, 0.05) is 35.0 Å². The largest absolute Gasteiger partial charge is 0.344 e. The maximum absolute atomic E-state index is 2.68. The lowest BCUT2D eigenvalue weighted by Gasteiger charge is -2.31. The van der Waals surface area contributed by atoms with Crippen LogP contribution in [0.25, 0.3) is 10.8 Å². The molecule has 0 fully saturated rings. The first-order valence-electron chi connectivity index (χ1n) is 17.1. The van der Waals surface area contributed by atoms with Crippen molar-refractivity contribution in [1.82, 2.24) is 0 Å². The molecule has 6 rings (SSSR count). The summed E-state index contributed by atoms with van der Waals surface area (Å²) in [6.45, 7) is 15.1. The minimum atomic E-state index is -0.123. The number of unbranched alkanes of at least 4 members (excludes halogenated alkanes) is 4. The number of nitrogens with zero attached hydrogens (tertiary/aromatic N) is 2. The lowest BCUT2D eigenvalue weighted by atomic mass is 9.75. The van der Waals surface area contributed by atoms with Crippen molar-refractivity contribution in [1.29, 1.82) is 0 Å². The number of aryl methyl sites for hydroxylation is 2. The lowest BCUT2D eigenvalue weighted by Crippen LogP contribution is -2.31. The highest BCUT2D eigenvalue weighted by Gasteiger charge is 2.45. The van der Waals surface area contributed by atoms with Gasteiger partial charge in [0.05, 0.1) is 10.8 Å². The molecule has 0 saturated carbocycles. The van der Waals surface area contributed by atoms with Crippen molar-refractivity contribution in [3.8, 4) is 0 Å². The van der Waals surface area contributed by atoms with Crippen LogP contribution in [0.2, 0.25) is 0 Å². The van der Waals surface area contributed by atoms with Crippen molar-refractivity contribution in [3.63, 3.8) is 0 Å². The van der Waals surface area contributed by atoms with Gasteiger partial charge in [-0.1, -0.05) is 111 Å². The van der Waals surface area contributed by atoms with Crippen molar-refractivity contribution >= 4 is 27.9 Å². The van der Waals surface area contributed by atoms with Gasteiger partial charge in [-0.15, -0.1) is 0 Å². The summed E-state index contributed by atoms with van der Waals surface area (Å²) in [5, 5.41) is 2.63. The summed E-state index contributed by atoms with van der Waals surface area (Å²) >= 11 is 0. The van der Waals surface area contributed by atoms with Crippen molar-refractivity contribution in [2.75, 3.05) is 18.5 Å². The van der Waals surface area contributed by atoms with Gasteiger partial charge in [0.15, 0.2) is 5.71 Å². The van der Waals surface area contributed by atoms with E-state index in [9.17, 15) is 0 Å². The van der Waals surface area contributed by atoms with E-state index in [2.05, 4.69) is 155 Å². The van der Waals surface area contributed by atoms with Gasteiger partial charge in [-0.05, 0) is 87.2 Å². The van der Waals surface area contributed by atoms with Gasteiger partial charge in [-0.3, -0.25) is 0 Å². The summed E-state index contributed by atoms with van der Waals surface area (Å²) < 4.78 is 2.43. The summed E-state index contributed by atoms with van der Waals surface area (Å²) in [5.74, 6) is 0. The molecule has 2 aliphatic rings. The monoisotopic (exact) mass is 595 g/mol. The highest BCUT2D eigenvalue weighted by molar-refractivity contribution is 6.07. The van der Waals surface area contributed by atoms with Crippen LogP contribution in [0.5, 0.6) is 0 Å². The number of allylic oxidation sites excluding steroid dienone is 4. The van der Waals surface area contributed by atoms with Crippen LogP contribution in [0.3, 0.4) is 0 Å². The Labute approximate surface area is 271 Å². The molecule has 0 aliphatic carbocycles. The Bertz CT molecular complexity index is 1820. The summed E-state index contributed by atoms with van der Waals surface area (Å²) in [6.07, 6.45) is 14.6. The van der Waals surface area contributed by atoms with E-state index in [0.717, 1.165) is 13.0 Å². The second-order valence-electron chi connectivity index (χ2n) is 14.1. The molecule has 0 spiro atoms. The molecule has 0 aromatic heterocycles. The molecule has 2 heteroatoms. The minimum Gasteiger partial charge on any atom is -0.344 e. The second kappa shape index (κ2) is 12.5. The third kappa shape index (κ3) is 5.47. The van der Waals surface area contributed by atoms with Crippen molar-refractivity contribution in [2.45, 2.75) is 90.9 Å². The van der Waals surface area contributed by atoms with Crippen LogP contribution in [0.1, 0.15) is 87.6 Å². The SMILES string of the molecule is CCCCCCCN1C(=CC=CC2=[N+](C)c3c(ccc4ccccc34)C2(C)C)C(C)(Cc2ccccc2C)c2cccc(C)c21. The van der Waals surface area contributed by atoms with Crippen LogP contribution in [-0.4, -0.2) is 23.9 Å². The quantitative estimate of drug-likeness (QED) is 0.131. The van der Waals surface area contributed by atoms with Crippen molar-refractivity contribution in [3.05, 3.63) is 131 Å². The fraction of sp³-hybridized carbons (Fsp3) is 0.372. The van der Waals surface area contributed by atoms with E-state index < -0.39 is 0 Å². The van der Waals surface area contributed by atoms with E-state index in [0.29, 0.717) is 0 Å². The Morgan fingerprint density at radius 3 is 2.29 bits per heavy atom. The molecule has 0 amide bonds. The second-order valence-corrected chi connectivity index (χ2v) is 14.1. The zero-order valence-electron chi connectivity index (χ0n) is 28.6. The number of para-hydroxylation sites is 1. The highest BCUT2D eigenvalue weighted by atomic mass is 15.2. The Balaban J connectivity index is 1.44. The van der Waals surface area contributed by atoms with Crippen LogP contribution >= 0.6 is 0 Å². The average Bonchev–Trinajstić information content (AvgIpc) is 3.38. The number of benzene rings is 4. The average molecular weight is 596 g/mol. The molecule has 2 nitrogen and oxygen atoms in total. The molecule has 0 radical (unpaired) electrons. The smallest absolute Gasteiger partial charge is 0.217 e. The van der Waals surface area contributed by atoms with E-state index >= 15 is 0 Å². The van der Waals surface area contributed by atoms with Crippen LogP contribution in [0.15, 0.2) is 103 Å². The van der Waals surface area contributed by atoms with Crippen molar-refractivity contribution < 1.29 is 4.58 Å². The third-order valence-electron chi connectivity index (χ3n) is 10.7. The summed E-state index contributed by atoms with van der Waals surface area (Å²) in [5.41, 5.74) is 12.4. The molecular weight excluding hydrogens is 544 g/mol. The fourth-order valence-corrected chi connectivity index (χ4v) is 8.12. The number of fused-ring (bicyclic) bond motifs is 4. The molecule has 1 unspecified atom stereocenters. The number of hydrogen-bond acceptors (Lipinski definition) is 1. The molecule has 4 aromatic rings. The summed E-state index contributed by atoms with van der Waals surface area (Å²) in [6, 6.07) is 29.3. The van der Waals surface area contributed by atoms with E-state index in [1.807, 2.05) is 0 Å². The molecule has 1 atom stereocenters. The zero-order valence-corrected chi connectivity index (χ0v) is 28.6. The Morgan fingerprint density at radius 1 is 0.756 bits per heavy atom. The van der Waals surface area contributed by atoms with Gasteiger partial charge in [0.25, 0.3) is 0 Å². The maximum Gasteiger partial charge on any atom is 0.217 e. The lowest BCUT2D eigenvalue weighted by molar-refractivity contribution is -0.399. The zero-order chi connectivity index (χ0) is 31.8. The summed E-state index contributed by atoms with van der Waals surface area (Å²) in [4.78, 5) is 2.68. The Kier molecular flexibility index (Phi) is 8.61. The normalized spacial score (nSPS) is 19.7. The molecule has 4 aromatic carbocycles. The molecular formula is C43H51N2+. The number of anilines is 1. The first-order valence-corrected chi connectivity index (χ1v) is 17.1. The van der Waals surface area contributed by atoms with Gasteiger partial charge >= 0.3 is 0 Å². The Morgan fingerprint density at radius 2 is 1.49 bits per heavy atom. The van der Waals surface area contributed by atoms with Crippen molar-refractivity contribution in [2.24, 2.45) is 0 Å². The summed E-state index contributed by atoms with van der Waals surface area (Å²) in [7, 11) is 2.24. The molecule has 2 heterocycles. The standard InChI is InChI=1S/C43H51N2/c1-8-9-10-11-16-29-45-39(43(6,30-34-22-13-12-19-31(34)2)37-24-17-20-32(3)40(37)45)26-18-25-38-42(4,5)36-28-27-33-21-14-15-23-35(33)41(36)44(38)7/h12-15,17-28H,8-11,16,29-30H2,1-7H3/q+1. The maximum atomic E-state index is 2.68. The van der Waals surface area contributed by atoms with Crippen LogP contribution < -0.4 is 4.90 Å². The molecule has 0 N–H and O–H groups in total. The van der Waals surface area contributed by atoms with Crippen LogP contribution in [0, 0.1) is 13.8 Å². The molecule has 0 saturated heterocycles. The van der Waals surface area contributed by atoms with E-state index in [4.69, 9.17) is 0 Å². The highest BCUT2D eigenvalue weighted by Crippen LogP contribution is 2.51. The van der Waals surface area contributed by atoms with Gasteiger partial charge in [0.2, 0.25) is 5.69 Å². The molecule has 45 heavy (non-hydrogen) atoms. The molecule has 0 bridgehead atoms. The first kappa shape index (κ1) is 31.1. The third-order valence-corrected chi connectivity index (χ3v) is 10.7. The predicted octanol–water partition coefficient (Wildman–Crippen LogP) is 10.9. The Hall–Kier alpha value is -3.91. The van der Waals surface area contributed by atoms with Gasteiger partial charge in [0.1, 0.15) is 7.05 Å². The number of hydrogen-bond donors (Lipinski definition) is 0. The van der Waals surface area contributed by atoms with Crippen LogP contribution in [-0.2, 0) is 17.3 Å². The fourth-order valence-electron chi connectivity index (χ4n) is 8.12. The van der Waals surface area contributed by atoms with Gasteiger partial charge < -0.3 is 4.90 Å². The van der Waals surface area contributed by atoms with E-state index in [1.54, 1.807) is 0 Å². The number of rotatable bonds is 10. The molecule has 232 valence electrons. The van der Waals surface area contributed by atoms with E-state index in [1.165, 1.54) is 93.5 Å². The van der Waals surface area contributed by atoms with Crippen LogP contribution in [0.4, 0.5) is 11.4 Å². The van der Waals surface area contributed by atoms with Gasteiger partial charge in [-0.25, -0.2) is 0 Å². The topological polar surface area (TPSA) is 6.25 Å². The predicted molar refractivity (Wildman–Crippen MR) is 195 cm³/mol. The van der Waals surface area contributed by atoms with Gasteiger partial charge in [-0.2, -0.15) is 4.58 Å². The minimum absolute atomic E-state index is 0.0816.